The summed E-state index contributed by atoms with van der Waals surface area (Å²) in [5.41, 5.74) is 4.12. The fraction of sp³-hybridized carbons (Fsp3) is 0.533. The lowest BCUT2D eigenvalue weighted by Crippen LogP contribution is -2.38. The number of aryl methyl sites for hydroxylation is 3. The Morgan fingerprint density at radius 3 is 2.21 bits per heavy atom. The van der Waals surface area contributed by atoms with E-state index in [1.165, 1.54) is 0 Å². The molecule has 0 saturated heterocycles. The third-order valence-electron chi connectivity index (χ3n) is 3.34. The highest BCUT2D eigenvalue weighted by atomic mass is 16.4. The van der Waals surface area contributed by atoms with Crippen molar-refractivity contribution in [3.63, 3.8) is 0 Å². The summed E-state index contributed by atoms with van der Waals surface area (Å²) in [7, 11) is 0. The highest BCUT2D eigenvalue weighted by Crippen LogP contribution is 2.23. The van der Waals surface area contributed by atoms with Gasteiger partial charge in [-0.05, 0) is 43.9 Å². The minimum atomic E-state index is -0.882. The fourth-order valence-corrected chi connectivity index (χ4v) is 2.48. The van der Waals surface area contributed by atoms with Crippen LogP contribution in [0.1, 0.15) is 41.7 Å². The molecule has 0 amide bonds. The second kappa shape index (κ2) is 6.68. The van der Waals surface area contributed by atoms with Gasteiger partial charge in [0.05, 0.1) is 6.10 Å². The van der Waals surface area contributed by atoms with Crippen molar-refractivity contribution >= 4 is 5.97 Å². The molecule has 19 heavy (non-hydrogen) atoms. The number of carboxylic acid groups (broad SMARTS) is 1. The minimum Gasteiger partial charge on any atom is -0.480 e. The highest BCUT2D eigenvalue weighted by Gasteiger charge is 2.18. The van der Waals surface area contributed by atoms with Crippen LogP contribution in [0.5, 0.6) is 0 Å². The highest BCUT2D eigenvalue weighted by molar-refractivity contribution is 5.73. The number of carbonyl (C=O) groups is 1. The summed E-state index contributed by atoms with van der Waals surface area (Å²) in [6.07, 6.45) is -0.192. The smallest absolute Gasteiger partial charge is 0.320 e. The number of carboxylic acids is 1. The van der Waals surface area contributed by atoms with Gasteiger partial charge in [0.15, 0.2) is 0 Å². The van der Waals surface area contributed by atoms with Crippen molar-refractivity contribution in [2.45, 2.75) is 46.3 Å². The van der Waals surface area contributed by atoms with Crippen LogP contribution in [0.4, 0.5) is 0 Å². The number of hydrogen-bond acceptors (Lipinski definition) is 3. The van der Waals surface area contributed by atoms with Crippen molar-refractivity contribution in [3.8, 4) is 0 Å². The van der Waals surface area contributed by atoms with Gasteiger partial charge in [0, 0.05) is 6.54 Å². The Hall–Kier alpha value is -1.39. The Balaban J connectivity index is 2.79. The van der Waals surface area contributed by atoms with Gasteiger partial charge in [-0.1, -0.05) is 24.6 Å². The number of nitrogens with one attached hydrogen (secondary N) is 1. The van der Waals surface area contributed by atoms with Gasteiger partial charge in [0.1, 0.15) is 6.04 Å². The molecule has 106 valence electrons. The molecule has 1 rings (SSSR count). The van der Waals surface area contributed by atoms with E-state index in [1.807, 2.05) is 32.9 Å². The lowest BCUT2D eigenvalue weighted by atomic mass is 9.95. The average Bonchev–Trinajstić information content (AvgIpc) is 2.27. The molecule has 0 aliphatic heterocycles. The maximum absolute atomic E-state index is 10.9. The molecule has 0 bridgehead atoms. The van der Waals surface area contributed by atoms with Gasteiger partial charge in [-0.2, -0.15) is 0 Å². The number of hydrogen-bond donors (Lipinski definition) is 3. The zero-order chi connectivity index (χ0) is 14.6. The molecular weight excluding hydrogens is 242 g/mol. The first-order chi connectivity index (χ1) is 8.86. The zero-order valence-electron chi connectivity index (χ0n) is 12.0. The topological polar surface area (TPSA) is 69.6 Å². The molecule has 2 atom stereocenters. The van der Waals surface area contributed by atoms with Gasteiger partial charge in [0.25, 0.3) is 0 Å². The molecule has 4 heteroatoms. The summed E-state index contributed by atoms with van der Waals surface area (Å²) in [5, 5.41) is 22.1. The first kappa shape index (κ1) is 15.7. The molecule has 0 radical (unpaired) electrons. The van der Waals surface area contributed by atoms with Crippen molar-refractivity contribution in [1.82, 2.24) is 5.32 Å². The van der Waals surface area contributed by atoms with E-state index in [0.29, 0.717) is 6.42 Å². The van der Waals surface area contributed by atoms with Crippen LogP contribution in [-0.4, -0.2) is 28.8 Å². The lowest BCUT2D eigenvalue weighted by Gasteiger charge is -2.20. The molecule has 0 fully saturated rings. The number of rotatable bonds is 6. The zero-order valence-corrected chi connectivity index (χ0v) is 12.0. The van der Waals surface area contributed by atoms with Crippen molar-refractivity contribution in [2.24, 2.45) is 0 Å². The second-order valence-electron chi connectivity index (χ2n) is 5.04. The number of aliphatic carboxylic acids is 1. The SMILES string of the molecule is CCC(NCC(O)c1c(C)cc(C)cc1C)C(=O)O. The van der Waals surface area contributed by atoms with Crippen LogP contribution in [0, 0.1) is 20.8 Å². The maximum atomic E-state index is 10.9. The summed E-state index contributed by atoms with van der Waals surface area (Å²) in [5.74, 6) is -0.882. The van der Waals surface area contributed by atoms with Crippen LogP contribution in [0.15, 0.2) is 12.1 Å². The first-order valence-corrected chi connectivity index (χ1v) is 6.58. The number of benzene rings is 1. The molecule has 0 saturated carbocycles. The van der Waals surface area contributed by atoms with Gasteiger partial charge in [-0.25, -0.2) is 0 Å². The van der Waals surface area contributed by atoms with E-state index < -0.39 is 18.1 Å². The first-order valence-electron chi connectivity index (χ1n) is 6.58. The average molecular weight is 265 g/mol. The Labute approximate surface area is 114 Å². The van der Waals surface area contributed by atoms with Crippen LogP contribution in [0.3, 0.4) is 0 Å². The fourth-order valence-electron chi connectivity index (χ4n) is 2.48. The van der Waals surface area contributed by atoms with Crippen LogP contribution < -0.4 is 5.32 Å². The molecule has 3 N–H and O–H groups in total. The summed E-state index contributed by atoms with van der Waals surface area (Å²) < 4.78 is 0. The van der Waals surface area contributed by atoms with Crippen molar-refractivity contribution in [2.75, 3.05) is 6.54 Å². The van der Waals surface area contributed by atoms with Gasteiger partial charge in [-0.3, -0.25) is 4.79 Å². The van der Waals surface area contributed by atoms with E-state index in [9.17, 15) is 9.90 Å². The largest absolute Gasteiger partial charge is 0.480 e. The third-order valence-corrected chi connectivity index (χ3v) is 3.34. The predicted octanol–water partition coefficient (Wildman–Crippen LogP) is 2.10. The molecule has 0 aliphatic rings. The molecular formula is C15H23NO3. The van der Waals surface area contributed by atoms with Gasteiger partial charge in [0.2, 0.25) is 0 Å². The molecule has 1 aromatic carbocycles. The molecule has 1 aromatic rings. The molecule has 0 aromatic heterocycles. The quantitative estimate of drug-likeness (QED) is 0.736. The summed E-state index contributed by atoms with van der Waals surface area (Å²) in [4.78, 5) is 10.9. The number of aliphatic hydroxyl groups excluding tert-OH is 1. The predicted molar refractivity (Wildman–Crippen MR) is 75.3 cm³/mol. The summed E-state index contributed by atoms with van der Waals surface area (Å²) >= 11 is 0. The van der Waals surface area contributed by atoms with E-state index >= 15 is 0 Å². The lowest BCUT2D eigenvalue weighted by molar-refractivity contribution is -0.139. The van der Waals surface area contributed by atoms with Crippen molar-refractivity contribution in [3.05, 3.63) is 34.4 Å². The van der Waals surface area contributed by atoms with Crippen LogP contribution >= 0.6 is 0 Å². The standard InChI is InChI=1S/C15H23NO3/c1-5-12(15(18)19)16-8-13(17)14-10(3)6-9(2)7-11(14)4/h6-7,12-13,16-17H,5,8H2,1-4H3,(H,18,19). The molecule has 4 nitrogen and oxygen atoms in total. The van der Waals surface area contributed by atoms with E-state index in [1.54, 1.807) is 6.92 Å². The van der Waals surface area contributed by atoms with E-state index in [4.69, 9.17) is 5.11 Å². The Morgan fingerprint density at radius 1 is 1.26 bits per heavy atom. The monoisotopic (exact) mass is 265 g/mol. The third kappa shape index (κ3) is 4.04. The molecule has 0 aliphatic carbocycles. The van der Waals surface area contributed by atoms with E-state index in [2.05, 4.69) is 5.32 Å². The van der Waals surface area contributed by atoms with Gasteiger partial charge >= 0.3 is 5.97 Å². The van der Waals surface area contributed by atoms with E-state index in [-0.39, 0.29) is 6.54 Å². The van der Waals surface area contributed by atoms with Gasteiger partial charge < -0.3 is 15.5 Å². The van der Waals surface area contributed by atoms with Crippen molar-refractivity contribution in [1.29, 1.82) is 0 Å². The molecule has 2 unspecified atom stereocenters. The van der Waals surface area contributed by atoms with Crippen molar-refractivity contribution < 1.29 is 15.0 Å². The minimum absolute atomic E-state index is 0.246. The molecule has 0 heterocycles. The Bertz CT molecular complexity index is 434. The van der Waals surface area contributed by atoms with Crippen LogP contribution in [0.2, 0.25) is 0 Å². The Morgan fingerprint density at radius 2 is 1.79 bits per heavy atom. The number of aliphatic hydroxyl groups is 1. The summed E-state index contributed by atoms with van der Waals surface area (Å²) in [6.45, 7) is 8.00. The van der Waals surface area contributed by atoms with E-state index in [0.717, 1.165) is 22.3 Å². The Kier molecular flexibility index (Phi) is 5.51. The van der Waals surface area contributed by atoms with Crippen LogP contribution in [0.25, 0.3) is 0 Å². The second-order valence-corrected chi connectivity index (χ2v) is 5.04. The maximum Gasteiger partial charge on any atom is 0.320 e. The molecule has 0 spiro atoms. The normalized spacial score (nSPS) is 14.2. The summed E-state index contributed by atoms with van der Waals surface area (Å²) in [6, 6.07) is 3.45. The van der Waals surface area contributed by atoms with Crippen LogP contribution in [-0.2, 0) is 4.79 Å². The van der Waals surface area contributed by atoms with Gasteiger partial charge in [-0.15, -0.1) is 0 Å².